The van der Waals surface area contributed by atoms with Gasteiger partial charge in [-0.3, -0.25) is 9.78 Å². The molecule has 5 N–H and O–H groups in total. The molecule has 0 saturated carbocycles. The number of carbonyl (C=O) groups is 1. The highest BCUT2D eigenvalue weighted by atomic mass is 16.1. The van der Waals surface area contributed by atoms with Crippen LogP contribution in [-0.4, -0.2) is 27.4 Å². The summed E-state index contributed by atoms with van der Waals surface area (Å²) in [4.78, 5) is 26.1. The van der Waals surface area contributed by atoms with Crippen LogP contribution in [0, 0.1) is 0 Å². The molecule has 3 aromatic carbocycles. The molecule has 3 aromatic heterocycles. The third kappa shape index (κ3) is 4.53. The second-order valence-electron chi connectivity index (χ2n) is 9.29. The maximum Gasteiger partial charge on any atom is 0.270 e. The molecular formula is C32H28N5O+. The lowest BCUT2D eigenvalue weighted by Crippen LogP contribution is -2.47. The van der Waals surface area contributed by atoms with Gasteiger partial charge in [0.1, 0.15) is 5.69 Å². The largest absolute Gasteiger partial charge is 0.361 e. The maximum absolute atomic E-state index is 13.3. The smallest absolute Gasteiger partial charge is 0.270 e. The first-order valence-corrected chi connectivity index (χ1v) is 12.8. The number of carbonyl (C=O) groups excluding carboxylic acids is 1. The number of pyridine rings is 2. The molecule has 6 rings (SSSR count). The Morgan fingerprint density at radius 2 is 1.66 bits per heavy atom. The van der Waals surface area contributed by atoms with Gasteiger partial charge in [-0.1, -0.05) is 72.8 Å². The number of para-hydroxylation sites is 1. The molecule has 0 aliphatic rings. The average Bonchev–Trinajstić information content (AvgIpc) is 3.39. The van der Waals surface area contributed by atoms with Gasteiger partial charge in [0.05, 0.1) is 17.8 Å². The van der Waals surface area contributed by atoms with Crippen molar-refractivity contribution in [1.82, 2.24) is 20.3 Å². The molecule has 0 aliphatic heterocycles. The van der Waals surface area contributed by atoms with Gasteiger partial charge in [0.15, 0.2) is 0 Å². The predicted molar refractivity (Wildman–Crippen MR) is 151 cm³/mol. The van der Waals surface area contributed by atoms with Crippen LogP contribution in [0.1, 0.15) is 21.6 Å². The molecule has 38 heavy (non-hydrogen) atoms. The van der Waals surface area contributed by atoms with Gasteiger partial charge < -0.3 is 16.0 Å². The summed E-state index contributed by atoms with van der Waals surface area (Å²) >= 11 is 0. The van der Waals surface area contributed by atoms with E-state index >= 15 is 0 Å². The molecule has 6 heteroatoms. The third-order valence-corrected chi connectivity index (χ3v) is 6.91. The summed E-state index contributed by atoms with van der Waals surface area (Å²) in [7, 11) is 0. The van der Waals surface area contributed by atoms with Crippen molar-refractivity contribution in [1.29, 1.82) is 0 Å². The van der Waals surface area contributed by atoms with Crippen LogP contribution in [0.3, 0.4) is 0 Å². The lowest BCUT2D eigenvalue weighted by molar-refractivity contribution is -0.386. The second-order valence-corrected chi connectivity index (χ2v) is 9.29. The zero-order valence-corrected chi connectivity index (χ0v) is 20.9. The van der Waals surface area contributed by atoms with Crippen molar-refractivity contribution >= 4 is 27.7 Å². The number of nitrogens with one attached hydrogen (secondary N) is 2. The molecule has 6 nitrogen and oxygen atoms in total. The van der Waals surface area contributed by atoms with Gasteiger partial charge in [0, 0.05) is 51.9 Å². The number of benzene rings is 3. The third-order valence-electron chi connectivity index (χ3n) is 6.91. The molecular weight excluding hydrogens is 470 g/mol. The first kappa shape index (κ1) is 23.6. The van der Waals surface area contributed by atoms with Crippen LogP contribution < -0.4 is 11.1 Å². The van der Waals surface area contributed by atoms with Crippen LogP contribution in [0.5, 0.6) is 0 Å². The molecule has 0 atom stereocenters. The van der Waals surface area contributed by atoms with E-state index in [1.165, 1.54) is 16.5 Å². The van der Waals surface area contributed by atoms with Crippen LogP contribution in [0.4, 0.5) is 0 Å². The summed E-state index contributed by atoms with van der Waals surface area (Å²) in [5.74, 6) is -0.205. The molecule has 1 amide bonds. The van der Waals surface area contributed by atoms with Crippen LogP contribution in [0.2, 0.25) is 0 Å². The fraction of sp³-hybridized carbons (Fsp3) is 0.0938. The Hall–Kier alpha value is -4.81. The van der Waals surface area contributed by atoms with Gasteiger partial charge in [0.2, 0.25) is 0 Å². The van der Waals surface area contributed by atoms with E-state index < -0.39 is 0 Å². The summed E-state index contributed by atoms with van der Waals surface area (Å²) in [6, 6.07) is 30.6. The van der Waals surface area contributed by atoms with E-state index in [0.29, 0.717) is 12.2 Å². The van der Waals surface area contributed by atoms with Gasteiger partial charge in [-0.2, -0.15) is 0 Å². The zero-order chi connectivity index (χ0) is 25.9. The zero-order valence-electron chi connectivity index (χ0n) is 20.9. The van der Waals surface area contributed by atoms with Crippen LogP contribution in [0.15, 0.2) is 103 Å². The van der Waals surface area contributed by atoms with Gasteiger partial charge in [0.25, 0.3) is 5.91 Å². The van der Waals surface area contributed by atoms with Gasteiger partial charge in [-0.05, 0) is 35.7 Å². The van der Waals surface area contributed by atoms with Gasteiger partial charge in [-0.25, -0.2) is 4.98 Å². The summed E-state index contributed by atoms with van der Waals surface area (Å²) in [6.07, 6.45) is 4.39. The Balaban J connectivity index is 1.34. The minimum absolute atomic E-state index is 0.205. The monoisotopic (exact) mass is 498 g/mol. The van der Waals surface area contributed by atoms with E-state index in [-0.39, 0.29) is 5.91 Å². The van der Waals surface area contributed by atoms with Crippen molar-refractivity contribution in [2.75, 3.05) is 6.54 Å². The fourth-order valence-corrected chi connectivity index (χ4v) is 4.90. The molecule has 0 saturated heterocycles. The number of nitrogens with zero attached hydrogens (tertiary/aromatic N) is 2. The van der Waals surface area contributed by atoms with Crippen molar-refractivity contribution in [2.45, 2.75) is 13.0 Å². The Kier molecular flexibility index (Phi) is 6.38. The molecule has 3 heterocycles. The van der Waals surface area contributed by atoms with E-state index in [0.717, 1.165) is 51.8 Å². The van der Waals surface area contributed by atoms with Crippen molar-refractivity contribution in [3.63, 3.8) is 0 Å². The highest BCUT2D eigenvalue weighted by molar-refractivity contribution is 6.06. The topological polar surface area (TPSA) is 98.3 Å². The van der Waals surface area contributed by atoms with Crippen molar-refractivity contribution < 1.29 is 10.5 Å². The number of amides is 1. The Labute approximate surface area is 220 Å². The minimum Gasteiger partial charge on any atom is -0.361 e. The van der Waals surface area contributed by atoms with Crippen molar-refractivity contribution in [2.24, 2.45) is 0 Å². The number of rotatable bonds is 7. The van der Waals surface area contributed by atoms with Crippen LogP contribution in [0.25, 0.3) is 44.2 Å². The predicted octanol–water partition coefficient (Wildman–Crippen LogP) is 5.16. The number of H-pyrrole nitrogens is 1. The number of quaternary nitrogens is 1. The number of fused-ring (bicyclic) bond motifs is 2. The average molecular weight is 499 g/mol. The quantitative estimate of drug-likeness (QED) is 0.284. The number of aromatic nitrogens is 3. The highest BCUT2D eigenvalue weighted by Crippen LogP contribution is 2.34. The van der Waals surface area contributed by atoms with E-state index in [1.54, 1.807) is 6.20 Å². The number of hydrogen-bond donors (Lipinski definition) is 3. The normalized spacial score (nSPS) is 11.2. The van der Waals surface area contributed by atoms with E-state index in [2.05, 4.69) is 69.5 Å². The molecule has 0 radical (unpaired) electrons. The lowest BCUT2D eigenvalue weighted by Gasteiger charge is -2.14. The molecule has 186 valence electrons. The van der Waals surface area contributed by atoms with Crippen molar-refractivity contribution in [3.05, 3.63) is 120 Å². The summed E-state index contributed by atoms with van der Waals surface area (Å²) < 4.78 is 0. The Bertz CT molecular complexity index is 1740. The number of aromatic amines is 1. The second kappa shape index (κ2) is 10.3. The van der Waals surface area contributed by atoms with Crippen LogP contribution in [-0.2, 0) is 13.0 Å². The molecule has 0 bridgehead atoms. The molecule has 0 spiro atoms. The van der Waals surface area contributed by atoms with Crippen LogP contribution >= 0.6 is 0 Å². The van der Waals surface area contributed by atoms with Gasteiger partial charge >= 0.3 is 0 Å². The molecule has 0 unspecified atom stereocenters. The first-order valence-electron chi connectivity index (χ1n) is 12.8. The minimum atomic E-state index is -0.205. The fourth-order valence-electron chi connectivity index (χ4n) is 4.90. The highest BCUT2D eigenvalue weighted by Gasteiger charge is 2.17. The molecule has 0 fully saturated rings. The Morgan fingerprint density at radius 3 is 2.47 bits per heavy atom. The number of hydrogen-bond acceptors (Lipinski definition) is 3. The summed E-state index contributed by atoms with van der Waals surface area (Å²) in [5.41, 5.74) is 12.4. The lowest BCUT2D eigenvalue weighted by atomic mass is 9.96. The van der Waals surface area contributed by atoms with E-state index in [1.807, 2.05) is 48.7 Å². The summed E-state index contributed by atoms with van der Waals surface area (Å²) in [5, 5.41) is 4.97. The summed E-state index contributed by atoms with van der Waals surface area (Å²) in [6.45, 7) is 1.25. The van der Waals surface area contributed by atoms with Gasteiger partial charge in [-0.15, -0.1) is 0 Å². The SMILES string of the molecule is [NH3+]Cc1ccc(-c2nc3ccnc(C(=O)NCCc4c[nH]c5ccccc45)c3cc2-c2ccccc2)cc1. The Morgan fingerprint density at radius 1 is 0.868 bits per heavy atom. The van der Waals surface area contributed by atoms with E-state index in [4.69, 9.17) is 4.98 Å². The van der Waals surface area contributed by atoms with E-state index in [9.17, 15) is 4.79 Å². The van der Waals surface area contributed by atoms with Crippen molar-refractivity contribution in [3.8, 4) is 22.4 Å². The first-order chi connectivity index (χ1) is 18.7. The standard InChI is InChI=1S/C32H27N5O/c33-19-21-10-12-23(13-11-21)30-26(22-6-2-1-3-7-22)18-27-29(37-30)15-17-34-31(27)32(38)35-16-14-24-20-36-28-9-5-4-8-25(24)28/h1-13,15,17-18,20,36H,14,16,19,33H2,(H,35,38)/p+1. The molecule has 6 aromatic rings. The maximum atomic E-state index is 13.3. The molecule has 0 aliphatic carbocycles.